The largest absolute Gasteiger partial charge is 0.327 e. The molecule has 1 fully saturated rings. The number of rotatable bonds is 1. The lowest BCUT2D eigenvalue weighted by atomic mass is 9.74. The zero-order valence-corrected chi connectivity index (χ0v) is 10.7. The van der Waals surface area contributed by atoms with Crippen LogP contribution >= 0.6 is 0 Å². The van der Waals surface area contributed by atoms with E-state index in [1.807, 2.05) is 0 Å². The summed E-state index contributed by atoms with van der Waals surface area (Å²) in [6.07, 6.45) is 3.73. The Morgan fingerprint density at radius 2 is 1.94 bits per heavy atom. The average Bonchev–Trinajstić information content (AvgIpc) is 2.26. The number of nitrogens with two attached hydrogens (primary N) is 1. The lowest BCUT2D eigenvalue weighted by molar-refractivity contribution is 0.305. The van der Waals surface area contributed by atoms with Crippen molar-refractivity contribution in [3.8, 4) is 0 Å². The summed E-state index contributed by atoms with van der Waals surface area (Å²) >= 11 is 0. The van der Waals surface area contributed by atoms with Crippen LogP contribution in [0.4, 0.5) is 0 Å². The highest BCUT2D eigenvalue weighted by molar-refractivity contribution is 5.36. The van der Waals surface area contributed by atoms with E-state index in [-0.39, 0.29) is 0 Å². The Morgan fingerprint density at radius 3 is 2.69 bits per heavy atom. The van der Waals surface area contributed by atoms with Gasteiger partial charge in [-0.3, -0.25) is 0 Å². The summed E-state index contributed by atoms with van der Waals surface area (Å²) in [4.78, 5) is 0. The molecule has 1 nitrogen and oxygen atoms in total. The van der Waals surface area contributed by atoms with Gasteiger partial charge in [-0.05, 0) is 61.6 Å². The zero-order valence-electron chi connectivity index (χ0n) is 10.7. The lowest BCUT2D eigenvalue weighted by Gasteiger charge is -2.34. The maximum absolute atomic E-state index is 6.29. The molecule has 0 amide bonds. The van der Waals surface area contributed by atoms with Crippen molar-refractivity contribution in [1.29, 1.82) is 0 Å². The lowest BCUT2D eigenvalue weighted by Crippen LogP contribution is -2.34. The highest BCUT2D eigenvalue weighted by Gasteiger charge is 2.28. The molecule has 0 radical (unpaired) electrons. The molecule has 0 saturated heterocycles. The van der Waals surface area contributed by atoms with Crippen molar-refractivity contribution < 1.29 is 0 Å². The van der Waals surface area contributed by atoms with Gasteiger partial charge in [0.25, 0.3) is 0 Å². The van der Waals surface area contributed by atoms with Gasteiger partial charge in [-0.2, -0.15) is 0 Å². The molecule has 1 aliphatic carbocycles. The van der Waals surface area contributed by atoms with E-state index in [0.717, 1.165) is 5.92 Å². The van der Waals surface area contributed by atoms with Gasteiger partial charge in [-0.25, -0.2) is 0 Å². The summed E-state index contributed by atoms with van der Waals surface area (Å²) in [5.74, 6) is 1.40. The molecule has 16 heavy (non-hydrogen) atoms. The van der Waals surface area contributed by atoms with Crippen LogP contribution in [-0.4, -0.2) is 6.04 Å². The van der Waals surface area contributed by atoms with E-state index in [2.05, 4.69) is 39.0 Å². The van der Waals surface area contributed by atoms with E-state index in [9.17, 15) is 0 Å². The van der Waals surface area contributed by atoms with E-state index in [1.54, 1.807) is 0 Å². The topological polar surface area (TPSA) is 26.0 Å². The number of aryl methyl sites for hydroxylation is 1. The maximum atomic E-state index is 6.29. The predicted molar refractivity (Wildman–Crippen MR) is 69.6 cm³/mol. The van der Waals surface area contributed by atoms with E-state index >= 15 is 0 Å². The highest BCUT2D eigenvalue weighted by Crippen LogP contribution is 2.37. The summed E-state index contributed by atoms with van der Waals surface area (Å²) in [7, 11) is 0. The fraction of sp³-hybridized carbons (Fsp3) is 0.600. The Kier molecular flexibility index (Phi) is 3.34. The van der Waals surface area contributed by atoms with Crippen LogP contribution in [0.5, 0.6) is 0 Å². The van der Waals surface area contributed by atoms with E-state index < -0.39 is 0 Å². The summed E-state index contributed by atoms with van der Waals surface area (Å²) in [6.45, 7) is 6.78. The first kappa shape index (κ1) is 11.7. The first-order chi connectivity index (χ1) is 7.59. The number of benzene rings is 1. The van der Waals surface area contributed by atoms with Crippen molar-refractivity contribution in [3.05, 3.63) is 34.9 Å². The molecule has 88 valence electrons. The van der Waals surface area contributed by atoms with Gasteiger partial charge < -0.3 is 5.73 Å². The van der Waals surface area contributed by atoms with Crippen molar-refractivity contribution in [2.45, 2.75) is 52.0 Å². The molecule has 1 aromatic rings. The van der Waals surface area contributed by atoms with Gasteiger partial charge in [-0.1, -0.05) is 25.1 Å². The van der Waals surface area contributed by atoms with Crippen molar-refractivity contribution in [1.82, 2.24) is 0 Å². The minimum Gasteiger partial charge on any atom is -0.327 e. The van der Waals surface area contributed by atoms with Gasteiger partial charge in [0.1, 0.15) is 0 Å². The average molecular weight is 217 g/mol. The summed E-state index contributed by atoms with van der Waals surface area (Å²) in [5, 5.41) is 0. The van der Waals surface area contributed by atoms with Crippen LogP contribution in [0, 0.1) is 19.8 Å². The Morgan fingerprint density at radius 1 is 1.19 bits per heavy atom. The number of hydrogen-bond donors (Lipinski definition) is 1. The third kappa shape index (κ3) is 2.15. The van der Waals surface area contributed by atoms with Crippen molar-refractivity contribution >= 4 is 0 Å². The molecule has 1 saturated carbocycles. The van der Waals surface area contributed by atoms with Crippen LogP contribution in [0.3, 0.4) is 0 Å². The van der Waals surface area contributed by atoms with E-state index in [0.29, 0.717) is 12.0 Å². The molecular weight excluding hydrogens is 194 g/mol. The molecule has 1 heteroatoms. The fourth-order valence-corrected chi connectivity index (χ4v) is 2.94. The molecular formula is C15H23N. The normalized spacial score (nSPS) is 30.4. The van der Waals surface area contributed by atoms with E-state index in [1.165, 1.54) is 36.0 Å². The molecule has 1 aromatic carbocycles. The third-order valence-corrected chi connectivity index (χ3v) is 4.21. The Labute approximate surface area is 99.0 Å². The molecule has 2 N–H and O–H groups in total. The molecule has 0 bridgehead atoms. The van der Waals surface area contributed by atoms with Crippen LogP contribution < -0.4 is 5.73 Å². The van der Waals surface area contributed by atoms with Crippen molar-refractivity contribution in [2.24, 2.45) is 11.7 Å². The van der Waals surface area contributed by atoms with Crippen molar-refractivity contribution in [3.63, 3.8) is 0 Å². The summed E-state index contributed by atoms with van der Waals surface area (Å²) in [5.41, 5.74) is 10.6. The van der Waals surface area contributed by atoms with Gasteiger partial charge in [0.15, 0.2) is 0 Å². The SMILES string of the molecule is Cc1cccc(C2CC(C)CCC2N)c1C. The second kappa shape index (κ2) is 4.58. The van der Waals surface area contributed by atoms with Gasteiger partial charge in [0.2, 0.25) is 0 Å². The van der Waals surface area contributed by atoms with E-state index in [4.69, 9.17) is 5.73 Å². The third-order valence-electron chi connectivity index (χ3n) is 4.21. The first-order valence-electron chi connectivity index (χ1n) is 6.41. The fourth-order valence-electron chi connectivity index (χ4n) is 2.94. The maximum Gasteiger partial charge on any atom is 0.0108 e. The molecule has 3 atom stereocenters. The molecule has 1 aliphatic rings. The predicted octanol–water partition coefficient (Wildman–Crippen LogP) is 3.53. The van der Waals surface area contributed by atoms with Crippen LogP contribution in [0.2, 0.25) is 0 Å². The quantitative estimate of drug-likeness (QED) is 0.765. The summed E-state index contributed by atoms with van der Waals surface area (Å²) < 4.78 is 0. The molecule has 2 rings (SSSR count). The van der Waals surface area contributed by atoms with Gasteiger partial charge in [0, 0.05) is 6.04 Å². The molecule has 0 aliphatic heterocycles. The second-order valence-electron chi connectivity index (χ2n) is 5.48. The van der Waals surface area contributed by atoms with Gasteiger partial charge in [0.05, 0.1) is 0 Å². The first-order valence-corrected chi connectivity index (χ1v) is 6.41. The summed E-state index contributed by atoms with van der Waals surface area (Å²) in [6, 6.07) is 6.99. The van der Waals surface area contributed by atoms with Crippen LogP contribution in [0.25, 0.3) is 0 Å². The Bertz CT molecular complexity index is 370. The second-order valence-corrected chi connectivity index (χ2v) is 5.48. The Hall–Kier alpha value is -0.820. The van der Waals surface area contributed by atoms with Crippen LogP contribution in [-0.2, 0) is 0 Å². The van der Waals surface area contributed by atoms with Crippen LogP contribution in [0.15, 0.2) is 18.2 Å². The molecule has 0 spiro atoms. The van der Waals surface area contributed by atoms with Crippen molar-refractivity contribution in [2.75, 3.05) is 0 Å². The minimum absolute atomic E-state index is 0.358. The molecule has 0 aromatic heterocycles. The number of hydrogen-bond acceptors (Lipinski definition) is 1. The zero-order chi connectivity index (χ0) is 11.7. The molecule has 0 heterocycles. The van der Waals surface area contributed by atoms with Gasteiger partial charge >= 0.3 is 0 Å². The smallest absolute Gasteiger partial charge is 0.0108 e. The standard InChI is InChI=1S/C15H23N/c1-10-7-8-15(16)14(9-10)13-6-4-5-11(2)12(13)3/h4-6,10,14-15H,7-9,16H2,1-3H3. The Balaban J connectivity index is 2.31. The van der Waals surface area contributed by atoms with Gasteiger partial charge in [-0.15, -0.1) is 0 Å². The monoisotopic (exact) mass is 217 g/mol. The molecule has 3 unspecified atom stereocenters. The highest BCUT2D eigenvalue weighted by atomic mass is 14.7. The minimum atomic E-state index is 0.358. The van der Waals surface area contributed by atoms with Crippen LogP contribution in [0.1, 0.15) is 48.8 Å².